The largest absolute Gasteiger partial charge is 0.377 e. The molecule has 0 amide bonds. The molecule has 4 nitrogen and oxygen atoms in total. The Labute approximate surface area is 115 Å². The average Bonchev–Trinajstić information content (AvgIpc) is 2.88. The van der Waals surface area contributed by atoms with Gasteiger partial charge >= 0.3 is 0 Å². The van der Waals surface area contributed by atoms with E-state index in [9.17, 15) is 0 Å². The quantitative estimate of drug-likeness (QED) is 0.839. The highest BCUT2D eigenvalue weighted by Crippen LogP contribution is 2.26. The van der Waals surface area contributed by atoms with E-state index in [0.717, 1.165) is 19.6 Å². The normalized spacial score (nSPS) is 25.6. The lowest BCUT2D eigenvalue weighted by Crippen LogP contribution is -2.34. The predicted octanol–water partition coefficient (Wildman–Crippen LogP) is 1.29. The number of hydrogen-bond donors (Lipinski definition) is 1. The fourth-order valence-corrected chi connectivity index (χ4v) is 2.81. The third-order valence-electron chi connectivity index (χ3n) is 3.87. The number of rotatable bonds is 6. The summed E-state index contributed by atoms with van der Waals surface area (Å²) < 4.78 is 11.0. The van der Waals surface area contributed by atoms with Crippen molar-refractivity contribution in [2.45, 2.75) is 18.2 Å². The van der Waals surface area contributed by atoms with Crippen LogP contribution in [0.5, 0.6) is 0 Å². The highest BCUT2D eigenvalue weighted by molar-refractivity contribution is 5.20. The second-order valence-electron chi connectivity index (χ2n) is 4.99. The van der Waals surface area contributed by atoms with Gasteiger partial charge in [0.15, 0.2) is 0 Å². The first-order valence-corrected chi connectivity index (χ1v) is 6.79. The Balaban J connectivity index is 2.12. The smallest absolute Gasteiger partial charge is 0.0972 e. The summed E-state index contributed by atoms with van der Waals surface area (Å²) in [5, 5.41) is 3.29. The van der Waals surface area contributed by atoms with Gasteiger partial charge in [-0.1, -0.05) is 30.3 Å². The highest BCUT2D eigenvalue weighted by atomic mass is 16.5. The molecule has 106 valence electrons. The highest BCUT2D eigenvalue weighted by Gasteiger charge is 2.36. The summed E-state index contributed by atoms with van der Waals surface area (Å²) in [4.78, 5) is 2.44. The van der Waals surface area contributed by atoms with E-state index in [1.54, 1.807) is 14.2 Å². The first-order valence-electron chi connectivity index (χ1n) is 6.79. The summed E-state index contributed by atoms with van der Waals surface area (Å²) >= 11 is 0. The van der Waals surface area contributed by atoms with Gasteiger partial charge in [-0.25, -0.2) is 0 Å². The summed E-state index contributed by atoms with van der Waals surface area (Å²) in [7, 11) is 5.51. The van der Waals surface area contributed by atoms with Crippen LogP contribution in [0.4, 0.5) is 0 Å². The summed E-state index contributed by atoms with van der Waals surface area (Å²) in [6.45, 7) is 2.75. The van der Waals surface area contributed by atoms with Crippen LogP contribution in [0.25, 0.3) is 0 Å². The molecule has 3 atom stereocenters. The maximum atomic E-state index is 5.52. The van der Waals surface area contributed by atoms with E-state index in [1.807, 2.05) is 7.05 Å². The number of likely N-dealkylation sites (N-methyl/N-ethyl adjacent to an activating group) is 1. The predicted molar refractivity (Wildman–Crippen MR) is 76.3 cm³/mol. The lowest BCUT2D eigenvalue weighted by molar-refractivity contribution is -0.00461. The minimum atomic E-state index is 0.160. The Bertz CT molecular complexity index is 360. The van der Waals surface area contributed by atoms with Crippen molar-refractivity contribution in [1.29, 1.82) is 0 Å². The van der Waals surface area contributed by atoms with Crippen molar-refractivity contribution in [3.05, 3.63) is 35.9 Å². The maximum Gasteiger partial charge on any atom is 0.0972 e. The fraction of sp³-hybridized carbons (Fsp3) is 0.600. The summed E-state index contributed by atoms with van der Waals surface area (Å²) in [6.07, 6.45) is 0.320. The lowest BCUT2D eigenvalue weighted by Gasteiger charge is -2.28. The standard InChI is InChI=1S/C15H24N2O2/c1-16-9-13(12-7-5-4-6-8-12)17-10-14(18-2)15(11-17)19-3/h4-8,13-16H,9-11H2,1-3H3. The molecule has 2 rings (SSSR count). The molecule has 1 aromatic carbocycles. The van der Waals surface area contributed by atoms with Gasteiger partial charge in [-0.05, 0) is 12.6 Å². The van der Waals surface area contributed by atoms with Crippen molar-refractivity contribution in [3.63, 3.8) is 0 Å². The van der Waals surface area contributed by atoms with Gasteiger partial charge in [0.05, 0.1) is 12.2 Å². The SMILES string of the molecule is CNCC(c1ccccc1)N1CC(OC)C(OC)C1. The Morgan fingerprint density at radius 2 is 1.74 bits per heavy atom. The van der Waals surface area contributed by atoms with E-state index in [0.29, 0.717) is 6.04 Å². The lowest BCUT2D eigenvalue weighted by atomic mass is 10.1. The maximum absolute atomic E-state index is 5.52. The number of hydrogen-bond acceptors (Lipinski definition) is 4. The second-order valence-corrected chi connectivity index (χ2v) is 4.99. The third kappa shape index (κ3) is 3.34. The number of likely N-dealkylation sites (tertiary alicyclic amines) is 1. The Kier molecular flexibility index (Phi) is 5.34. The van der Waals surface area contributed by atoms with Gasteiger partial charge in [0.25, 0.3) is 0 Å². The number of nitrogens with one attached hydrogen (secondary N) is 1. The van der Waals surface area contributed by atoms with Gasteiger partial charge in [0.2, 0.25) is 0 Å². The van der Waals surface area contributed by atoms with Crippen LogP contribution in [0, 0.1) is 0 Å². The molecule has 1 aliphatic heterocycles. The minimum Gasteiger partial charge on any atom is -0.377 e. The Hall–Kier alpha value is -0.940. The molecule has 4 heteroatoms. The molecule has 1 N–H and O–H groups in total. The van der Waals surface area contributed by atoms with Crippen molar-refractivity contribution in [1.82, 2.24) is 10.2 Å². The second kappa shape index (κ2) is 7.01. The molecule has 1 heterocycles. The van der Waals surface area contributed by atoms with Crippen molar-refractivity contribution >= 4 is 0 Å². The Morgan fingerprint density at radius 1 is 1.16 bits per heavy atom. The molecule has 19 heavy (non-hydrogen) atoms. The molecule has 0 spiro atoms. The molecule has 0 saturated carbocycles. The van der Waals surface area contributed by atoms with Crippen LogP contribution >= 0.6 is 0 Å². The average molecular weight is 264 g/mol. The van der Waals surface area contributed by atoms with Crippen molar-refractivity contribution < 1.29 is 9.47 Å². The van der Waals surface area contributed by atoms with E-state index < -0.39 is 0 Å². The zero-order valence-corrected chi connectivity index (χ0v) is 12.0. The Morgan fingerprint density at radius 3 is 2.21 bits per heavy atom. The first-order chi connectivity index (χ1) is 9.30. The van der Waals surface area contributed by atoms with E-state index in [2.05, 4.69) is 40.5 Å². The van der Waals surface area contributed by atoms with Crippen LogP contribution in [0.2, 0.25) is 0 Å². The molecule has 1 saturated heterocycles. The van der Waals surface area contributed by atoms with Gasteiger partial charge < -0.3 is 14.8 Å². The molecule has 0 aliphatic carbocycles. The van der Waals surface area contributed by atoms with Gasteiger partial charge in [-0.15, -0.1) is 0 Å². The molecule has 1 aliphatic rings. The zero-order chi connectivity index (χ0) is 13.7. The van der Waals surface area contributed by atoms with E-state index in [-0.39, 0.29) is 12.2 Å². The van der Waals surface area contributed by atoms with Crippen molar-refractivity contribution in [3.8, 4) is 0 Å². The van der Waals surface area contributed by atoms with Crippen LogP contribution in [0.15, 0.2) is 30.3 Å². The van der Waals surface area contributed by atoms with Crippen LogP contribution in [-0.4, -0.2) is 58.0 Å². The third-order valence-corrected chi connectivity index (χ3v) is 3.87. The van der Waals surface area contributed by atoms with Gasteiger partial charge in [0.1, 0.15) is 0 Å². The van der Waals surface area contributed by atoms with Gasteiger partial charge in [0, 0.05) is 39.9 Å². The van der Waals surface area contributed by atoms with Gasteiger partial charge in [-0.3, -0.25) is 4.90 Å². The van der Waals surface area contributed by atoms with Crippen LogP contribution in [-0.2, 0) is 9.47 Å². The number of nitrogens with zero attached hydrogens (tertiary/aromatic N) is 1. The molecule has 0 radical (unpaired) electrons. The number of benzene rings is 1. The fourth-order valence-electron chi connectivity index (χ4n) is 2.81. The summed E-state index contributed by atoms with van der Waals surface area (Å²) in [5.74, 6) is 0. The topological polar surface area (TPSA) is 33.7 Å². The molecule has 1 fully saturated rings. The van der Waals surface area contributed by atoms with Crippen molar-refractivity contribution in [2.24, 2.45) is 0 Å². The number of methoxy groups -OCH3 is 2. The molecular formula is C15H24N2O2. The van der Waals surface area contributed by atoms with E-state index in [4.69, 9.17) is 9.47 Å². The molecule has 3 unspecified atom stereocenters. The van der Waals surface area contributed by atoms with Crippen molar-refractivity contribution in [2.75, 3.05) is 40.9 Å². The van der Waals surface area contributed by atoms with Crippen LogP contribution in [0.3, 0.4) is 0 Å². The van der Waals surface area contributed by atoms with E-state index >= 15 is 0 Å². The van der Waals surface area contributed by atoms with Crippen LogP contribution < -0.4 is 5.32 Å². The zero-order valence-electron chi connectivity index (χ0n) is 12.0. The molecule has 0 bridgehead atoms. The molecule has 0 aromatic heterocycles. The monoisotopic (exact) mass is 264 g/mol. The summed E-state index contributed by atoms with van der Waals surface area (Å²) in [5.41, 5.74) is 1.34. The van der Waals surface area contributed by atoms with Gasteiger partial charge in [-0.2, -0.15) is 0 Å². The summed E-state index contributed by atoms with van der Waals surface area (Å²) in [6, 6.07) is 11.0. The minimum absolute atomic E-state index is 0.160. The molecular weight excluding hydrogens is 240 g/mol. The van der Waals surface area contributed by atoms with E-state index in [1.165, 1.54) is 5.56 Å². The van der Waals surface area contributed by atoms with Crippen LogP contribution in [0.1, 0.15) is 11.6 Å². The first kappa shape index (κ1) is 14.5. The number of ether oxygens (including phenoxy) is 2. The molecule has 1 aromatic rings.